The molecule has 1 heterocycles. The van der Waals surface area contributed by atoms with Gasteiger partial charge in [-0.25, -0.2) is 0 Å². The van der Waals surface area contributed by atoms with Gasteiger partial charge in [0.15, 0.2) is 0 Å². The fourth-order valence-corrected chi connectivity index (χ4v) is 2.64. The van der Waals surface area contributed by atoms with Crippen LogP contribution >= 0.6 is 0 Å². The number of aliphatic hydroxyl groups excluding tert-OH is 1. The maximum absolute atomic E-state index is 12.5. The number of aliphatic hydroxyl groups is 1. The monoisotopic (exact) mass is 262 g/mol. The van der Waals surface area contributed by atoms with E-state index in [1.54, 1.807) is 0 Å². The summed E-state index contributed by atoms with van der Waals surface area (Å²) in [6.07, 6.45) is 0.449. The minimum atomic E-state index is -0.312. The van der Waals surface area contributed by atoms with Crippen molar-refractivity contribution in [2.45, 2.75) is 38.8 Å². The Hall–Kier alpha value is -1.39. The van der Waals surface area contributed by atoms with Gasteiger partial charge in [-0.2, -0.15) is 0 Å². The molecule has 1 aliphatic rings. The molecule has 1 aliphatic heterocycles. The van der Waals surface area contributed by atoms with Crippen molar-refractivity contribution in [3.8, 4) is 0 Å². The quantitative estimate of drug-likeness (QED) is 0.867. The summed E-state index contributed by atoms with van der Waals surface area (Å²) >= 11 is 0. The molecule has 1 unspecified atom stereocenters. The van der Waals surface area contributed by atoms with Crippen molar-refractivity contribution >= 4 is 11.6 Å². The van der Waals surface area contributed by atoms with Crippen molar-refractivity contribution in [3.63, 3.8) is 0 Å². The molecule has 104 valence electrons. The molecule has 0 aliphatic carbocycles. The summed E-state index contributed by atoms with van der Waals surface area (Å²) < 4.78 is 0. The maximum Gasteiger partial charge on any atom is 0.244 e. The van der Waals surface area contributed by atoms with E-state index in [0.717, 1.165) is 11.3 Å². The van der Waals surface area contributed by atoms with Crippen molar-refractivity contribution in [1.82, 2.24) is 5.32 Å². The number of para-hydroxylation sites is 1. The lowest BCUT2D eigenvalue weighted by Gasteiger charge is -2.43. The first-order chi connectivity index (χ1) is 8.94. The van der Waals surface area contributed by atoms with Gasteiger partial charge < -0.3 is 10.0 Å². The molecule has 1 atom stereocenters. The van der Waals surface area contributed by atoms with E-state index in [4.69, 9.17) is 5.11 Å². The average Bonchev–Trinajstić information content (AvgIpc) is 2.34. The molecule has 0 aromatic heterocycles. The van der Waals surface area contributed by atoms with Crippen molar-refractivity contribution in [2.24, 2.45) is 0 Å². The Bertz CT molecular complexity index is 471. The first-order valence-corrected chi connectivity index (χ1v) is 6.70. The van der Waals surface area contributed by atoms with E-state index in [0.29, 0.717) is 13.0 Å². The van der Waals surface area contributed by atoms with E-state index >= 15 is 0 Å². The van der Waals surface area contributed by atoms with E-state index in [-0.39, 0.29) is 24.1 Å². The lowest BCUT2D eigenvalue weighted by molar-refractivity contribution is -0.123. The Morgan fingerprint density at radius 1 is 1.42 bits per heavy atom. The highest BCUT2D eigenvalue weighted by Gasteiger charge is 2.38. The second-order valence-electron chi connectivity index (χ2n) is 5.80. The number of nitrogens with zero attached hydrogens (tertiary/aromatic N) is 1. The zero-order valence-electron chi connectivity index (χ0n) is 11.8. The molecule has 1 saturated heterocycles. The molecule has 1 fully saturated rings. The molecule has 1 amide bonds. The number of carbonyl (C=O) groups excluding carboxylic acids is 1. The molecule has 0 radical (unpaired) electrons. The van der Waals surface area contributed by atoms with Gasteiger partial charge in [0.2, 0.25) is 5.91 Å². The smallest absolute Gasteiger partial charge is 0.244 e. The van der Waals surface area contributed by atoms with Gasteiger partial charge in [-0.15, -0.1) is 0 Å². The number of nitrogens with one attached hydrogen (secondary N) is 1. The zero-order chi connectivity index (χ0) is 14.0. The third kappa shape index (κ3) is 2.96. The van der Waals surface area contributed by atoms with Crippen LogP contribution in [0.1, 0.15) is 25.8 Å². The number of hydrogen-bond acceptors (Lipinski definition) is 3. The topological polar surface area (TPSA) is 52.6 Å². The number of carbonyl (C=O) groups is 1. The summed E-state index contributed by atoms with van der Waals surface area (Å²) in [5.41, 5.74) is 1.90. The van der Waals surface area contributed by atoms with Gasteiger partial charge >= 0.3 is 0 Å². The van der Waals surface area contributed by atoms with Crippen molar-refractivity contribution in [2.75, 3.05) is 18.1 Å². The molecule has 2 rings (SSSR count). The van der Waals surface area contributed by atoms with E-state index in [1.165, 1.54) is 0 Å². The van der Waals surface area contributed by atoms with E-state index in [1.807, 2.05) is 36.1 Å². The first kappa shape index (κ1) is 14.0. The second-order valence-corrected chi connectivity index (χ2v) is 5.80. The summed E-state index contributed by atoms with van der Waals surface area (Å²) in [4.78, 5) is 14.3. The number of rotatable bonds is 3. The third-order valence-corrected chi connectivity index (χ3v) is 3.51. The van der Waals surface area contributed by atoms with E-state index < -0.39 is 0 Å². The van der Waals surface area contributed by atoms with Crippen LogP contribution in [0.4, 0.5) is 5.69 Å². The molecule has 19 heavy (non-hydrogen) atoms. The standard InChI is InChI=1S/C15H22N2O2/c1-11-6-4-5-7-13(11)17-10-15(2,3)16-12(8-9-18)14(17)19/h4-7,12,16,18H,8-10H2,1-3H3. The lowest BCUT2D eigenvalue weighted by Crippen LogP contribution is -2.65. The number of hydrogen-bond donors (Lipinski definition) is 2. The van der Waals surface area contributed by atoms with Crippen LogP contribution in [0.3, 0.4) is 0 Å². The van der Waals surface area contributed by atoms with Crippen LogP contribution in [0.15, 0.2) is 24.3 Å². The predicted octanol–water partition coefficient (Wildman–Crippen LogP) is 1.46. The summed E-state index contributed by atoms with van der Waals surface area (Å²) in [6, 6.07) is 7.60. The van der Waals surface area contributed by atoms with Crippen molar-refractivity contribution in [1.29, 1.82) is 0 Å². The fraction of sp³-hybridized carbons (Fsp3) is 0.533. The van der Waals surface area contributed by atoms with Crippen LogP contribution in [0.5, 0.6) is 0 Å². The average molecular weight is 262 g/mol. The van der Waals surface area contributed by atoms with E-state index in [9.17, 15) is 4.79 Å². The molecular formula is C15H22N2O2. The maximum atomic E-state index is 12.5. The minimum Gasteiger partial charge on any atom is -0.396 e. The molecule has 0 spiro atoms. The Kier molecular flexibility index (Phi) is 3.92. The van der Waals surface area contributed by atoms with Gasteiger partial charge in [0.05, 0.1) is 6.04 Å². The molecular weight excluding hydrogens is 240 g/mol. The number of aryl methyl sites for hydroxylation is 1. The van der Waals surface area contributed by atoms with Crippen LogP contribution in [0, 0.1) is 6.92 Å². The van der Waals surface area contributed by atoms with Crippen LogP contribution in [0.25, 0.3) is 0 Å². The SMILES string of the molecule is Cc1ccccc1N1CC(C)(C)NC(CCO)C1=O. The molecule has 0 saturated carbocycles. The van der Waals surface area contributed by atoms with Crippen molar-refractivity contribution < 1.29 is 9.90 Å². The second kappa shape index (κ2) is 5.31. The van der Waals surface area contributed by atoms with Crippen LogP contribution in [-0.4, -0.2) is 35.7 Å². The first-order valence-electron chi connectivity index (χ1n) is 6.70. The van der Waals surface area contributed by atoms with Crippen LogP contribution in [-0.2, 0) is 4.79 Å². The number of piperazine rings is 1. The molecule has 1 aromatic carbocycles. The normalized spacial score (nSPS) is 22.6. The Morgan fingerprint density at radius 2 is 2.11 bits per heavy atom. The lowest BCUT2D eigenvalue weighted by atomic mass is 9.95. The van der Waals surface area contributed by atoms with Crippen LogP contribution in [0.2, 0.25) is 0 Å². The van der Waals surface area contributed by atoms with Gasteiger partial charge in [-0.05, 0) is 38.8 Å². The van der Waals surface area contributed by atoms with Gasteiger partial charge in [-0.3, -0.25) is 10.1 Å². The van der Waals surface area contributed by atoms with Gasteiger partial charge in [0, 0.05) is 24.4 Å². The van der Waals surface area contributed by atoms with Crippen LogP contribution < -0.4 is 10.2 Å². The van der Waals surface area contributed by atoms with Gasteiger partial charge in [-0.1, -0.05) is 18.2 Å². The Morgan fingerprint density at radius 3 is 2.74 bits per heavy atom. The molecule has 4 nitrogen and oxygen atoms in total. The minimum absolute atomic E-state index is 0.0150. The highest BCUT2D eigenvalue weighted by molar-refractivity contribution is 5.99. The molecule has 1 aromatic rings. The third-order valence-electron chi connectivity index (χ3n) is 3.51. The van der Waals surface area contributed by atoms with E-state index in [2.05, 4.69) is 19.2 Å². The largest absolute Gasteiger partial charge is 0.396 e. The van der Waals surface area contributed by atoms with Gasteiger partial charge in [0.25, 0.3) is 0 Å². The van der Waals surface area contributed by atoms with Gasteiger partial charge in [0.1, 0.15) is 0 Å². The number of amides is 1. The molecule has 4 heteroatoms. The fourth-order valence-electron chi connectivity index (χ4n) is 2.64. The predicted molar refractivity (Wildman–Crippen MR) is 76.2 cm³/mol. The zero-order valence-corrected chi connectivity index (χ0v) is 11.8. The number of anilines is 1. The highest BCUT2D eigenvalue weighted by atomic mass is 16.3. The summed E-state index contributed by atoms with van der Waals surface area (Å²) in [5, 5.41) is 12.4. The molecule has 2 N–H and O–H groups in total. The highest BCUT2D eigenvalue weighted by Crippen LogP contribution is 2.26. The Labute approximate surface area is 114 Å². The summed E-state index contributed by atoms with van der Waals surface area (Å²) in [6.45, 7) is 6.82. The summed E-state index contributed by atoms with van der Waals surface area (Å²) in [7, 11) is 0. The number of benzene rings is 1. The molecule has 0 bridgehead atoms. The Balaban J connectivity index is 2.33. The van der Waals surface area contributed by atoms with Crippen molar-refractivity contribution in [3.05, 3.63) is 29.8 Å². The summed E-state index contributed by atoms with van der Waals surface area (Å²) in [5.74, 6) is 0.0441.